The van der Waals surface area contributed by atoms with Crippen molar-refractivity contribution < 1.29 is 32.1 Å². The van der Waals surface area contributed by atoms with Gasteiger partial charge in [0, 0.05) is 5.56 Å². The fourth-order valence-electron chi connectivity index (χ4n) is 1.29. The molecule has 0 fully saturated rings. The zero-order valence-electron chi connectivity index (χ0n) is 9.50. The van der Waals surface area contributed by atoms with Crippen LogP contribution in [0.2, 0.25) is 0 Å². The highest BCUT2D eigenvalue weighted by molar-refractivity contribution is 5.35. The number of hydrogen-bond donors (Lipinski definition) is 1. The molecular weight excluding hydrogens is 256 g/mol. The average molecular weight is 268 g/mol. The number of alkyl halides is 3. The first kappa shape index (κ1) is 14.7. The highest BCUT2D eigenvalue weighted by Gasteiger charge is 2.28. The molecule has 0 radical (unpaired) electrons. The molecule has 0 aromatic heterocycles. The van der Waals surface area contributed by atoms with Gasteiger partial charge in [-0.3, -0.25) is 4.74 Å². The summed E-state index contributed by atoms with van der Waals surface area (Å²) in [5.41, 5.74) is 0.169. The number of ether oxygens (including phenoxy) is 2. The van der Waals surface area contributed by atoms with Gasteiger partial charge in [-0.2, -0.15) is 0 Å². The van der Waals surface area contributed by atoms with Crippen molar-refractivity contribution in [2.24, 2.45) is 0 Å². The Kier molecular flexibility index (Phi) is 4.92. The maximum atomic E-state index is 12.9. The molecule has 0 aliphatic rings. The van der Waals surface area contributed by atoms with Crippen molar-refractivity contribution in [3.63, 3.8) is 0 Å². The van der Waals surface area contributed by atoms with Gasteiger partial charge in [-0.05, 0) is 25.1 Å². The number of aliphatic hydroxyl groups excluding tert-OH is 1. The summed E-state index contributed by atoms with van der Waals surface area (Å²) in [6.07, 6.45) is -5.70. The van der Waals surface area contributed by atoms with E-state index in [2.05, 4.69) is 4.74 Å². The lowest BCUT2D eigenvalue weighted by Crippen LogP contribution is -2.18. The Hall–Kier alpha value is -1.34. The van der Waals surface area contributed by atoms with E-state index in [1.165, 1.54) is 13.0 Å². The van der Waals surface area contributed by atoms with Gasteiger partial charge >= 0.3 is 6.36 Å². The van der Waals surface area contributed by atoms with Crippen LogP contribution in [0.1, 0.15) is 18.6 Å². The number of benzene rings is 1. The lowest BCUT2D eigenvalue weighted by molar-refractivity contribution is -0.325. The number of aliphatic hydroxyl groups is 1. The molecule has 1 aromatic rings. The van der Waals surface area contributed by atoms with Crippen molar-refractivity contribution in [1.82, 2.24) is 0 Å². The third-order valence-electron chi connectivity index (χ3n) is 2.03. The van der Waals surface area contributed by atoms with Crippen LogP contribution in [0.5, 0.6) is 5.75 Å². The second kappa shape index (κ2) is 6.01. The summed E-state index contributed by atoms with van der Waals surface area (Å²) in [4.78, 5) is 0. The molecule has 1 aromatic carbocycles. The van der Waals surface area contributed by atoms with Crippen molar-refractivity contribution in [2.75, 3.05) is 13.2 Å². The second-order valence-electron chi connectivity index (χ2n) is 3.50. The summed E-state index contributed by atoms with van der Waals surface area (Å²) in [6, 6.07) is 3.39. The molecule has 0 unspecified atom stereocenters. The molecule has 7 heteroatoms. The quantitative estimate of drug-likeness (QED) is 0.659. The summed E-state index contributed by atoms with van der Waals surface area (Å²) < 4.78 is 56.4. The topological polar surface area (TPSA) is 38.7 Å². The summed E-state index contributed by atoms with van der Waals surface area (Å²) >= 11 is 0. The molecule has 1 rings (SSSR count). The average Bonchev–Trinajstić information content (AvgIpc) is 2.24. The SMILES string of the molecule is C[C@@H](O)c1cc(F)ccc1OCCOC(F)(F)F. The summed E-state index contributed by atoms with van der Waals surface area (Å²) in [5.74, 6) is -0.443. The first-order chi connectivity index (χ1) is 8.29. The van der Waals surface area contributed by atoms with Crippen molar-refractivity contribution in [3.8, 4) is 5.75 Å². The van der Waals surface area contributed by atoms with E-state index < -0.39 is 24.9 Å². The Morgan fingerprint density at radius 2 is 1.94 bits per heavy atom. The zero-order chi connectivity index (χ0) is 13.8. The Bertz CT molecular complexity index is 390. The van der Waals surface area contributed by atoms with Crippen LogP contribution in [0.25, 0.3) is 0 Å². The molecule has 1 N–H and O–H groups in total. The monoisotopic (exact) mass is 268 g/mol. The Morgan fingerprint density at radius 1 is 1.28 bits per heavy atom. The third kappa shape index (κ3) is 4.89. The van der Waals surface area contributed by atoms with Crippen molar-refractivity contribution in [3.05, 3.63) is 29.6 Å². The van der Waals surface area contributed by atoms with E-state index >= 15 is 0 Å². The predicted molar refractivity (Wildman–Crippen MR) is 54.5 cm³/mol. The van der Waals surface area contributed by atoms with Gasteiger partial charge in [-0.1, -0.05) is 0 Å². The molecule has 0 amide bonds. The van der Waals surface area contributed by atoms with Gasteiger partial charge in [-0.15, -0.1) is 13.2 Å². The van der Waals surface area contributed by atoms with Gasteiger partial charge in [0.05, 0.1) is 12.7 Å². The molecule has 1 atom stereocenters. The van der Waals surface area contributed by atoms with Crippen molar-refractivity contribution in [1.29, 1.82) is 0 Å². The highest BCUT2D eigenvalue weighted by atomic mass is 19.4. The summed E-state index contributed by atoms with van der Waals surface area (Å²) in [5, 5.41) is 9.36. The Morgan fingerprint density at radius 3 is 2.50 bits per heavy atom. The smallest absolute Gasteiger partial charge is 0.491 e. The highest BCUT2D eigenvalue weighted by Crippen LogP contribution is 2.26. The Balaban J connectivity index is 2.57. The minimum absolute atomic E-state index is 0.122. The fourth-order valence-corrected chi connectivity index (χ4v) is 1.29. The molecule has 0 saturated heterocycles. The van der Waals surface area contributed by atoms with Gasteiger partial charge in [0.2, 0.25) is 0 Å². The summed E-state index contributed by atoms with van der Waals surface area (Å²) in [6.45, 7) is 0.360. The first-order valence-corrected chi connectivity index (χ1v) is 5.10. The van der Waals surface area contributed by atoms with Crippen molar-refractivity contribution in [2.45, 2.75) is 19.4 Å². The molecular formula is C11H12F4O3. The molecule has 3 nitrogen and oxygen atoms in total. The normalized spacial score (nSPS) is 13.4. The zero-order valence-corrected chi connectivity index (χ0v) is 9.50. The number of rotatable bonds is 5. The lowest BCUT2D eigenvalue weighted by Gasteiger charge is -2.14. The van der Waals surface area contributed by atoms with E-state index in [1.807, 2.05) is 0 Å². The maximum Gasteiger partial charge on any atom is 0.522 e. The van der Waals surface area contributed by atoms with E-state index in [0.29, 0.717) is 0 Å². The molecule has 0 aliphatic heterocycles. The van der Waals surface area contributed by atoms with E-state index in [0.717, 1.165) is 12.1 Å². The lowest BCUT2D eigenvalue weighted by atomic mass is 10.1. The summed E-state index contributed by atoms with van der Waals surface area (Å²) in [7, 11) is 0. The van der Waals surface area contributed by atoms with Gasteiger partial charge in [0.15, 0.2) is 0 Å². The van der Waals surface area contributed by atoms with E-state index in [-0.39, 0.29) is 17.9 Å². The molecule has 102 valence electrons. The van der Waals surface area contributed by atoms with E-state index in [1.54, 1.807) is 0 Å². The molecule has 0 heterocycles. The molecule has 0 saturated carbocycles. The van der Waals surface area contributed by atoms with Crippen LogP contribution in [0.4, 0.5) is 17.6 Å². The first-order valence-electron chi connectivity index (χ1n) is 5.10. The Labute approximate surface area is 101 Å². The van der Waals surface area contributed by atoms with Gasteiger partial charge in [0.1, 0.15) is 18.2 Å². The standard InChI is InChI=1S/C11H12F4O3/c1-7(16)9-6-8(12)2-3-10(9)17-4-5-18-11(13,14)15/h2-3,6-7,16H,4-5H2,1H3/t7-/m1/s1. The molecule has 0 aliphatic carbocycles. The van der Waals surface area contributed by atoms with Crippen LogP contribution < -0.4 is 4.74 Å². The van der Waals surface area contributed by atoms with E-state index in [4.69, 9.17) is 4.74 Å². The molecule has 0 spiro atoms. The van der Waals surface area contributed by atoms with Crippen LogP contribution in [0, 0.1) is 5.82 Å². The molecule has 0 bridgehead atoms. The van der Waals surface area contributed by atoms with Crippen LogP contribution >= 0.6 is 0 Å². The van der Waals surface area contributed by atoms with Crippen LogP contribution in [0.15, 0.2) is 18.2 Å². The van der Waals surface area contributed by atoms with Gasteiger partial charge in [-0.25, -0.2) is 4.39 Å². The van der Waals surface area contributed by atoms with Crippen LogP contribution in [-0.4, -0.2) is 24.7 Å². The molecule has 18 heavy (non-hydrogen) atoms. The largest absolute Gasteiger partial charge is 0.522 e. The number of hydrogen-bond acceptors (Lipinski definition) is 3. The second-order valence-corrected chi connectivity index (χ2v) is 3.50. The van der Waals surface area contributed by atoms with Crippen LogP contribution in [0.3, 0.4) is 0 Å². The number of halogens is 4. The van der Waals surface area contributed by atoms with Crippen molar-refractivity contribution >= 4 is 0 Å². The maximum absolute atomic E-state index is 12.9. The van der Waals surface area contributed by atoms with Gasteiger partial charge < -0.3 is 9.84 Å². The predicted octanol–water partition coefficient (Wildman–Crippen LogP) is 2.79. The minimum Gasteiger partial charge on any atom is -0.491 e. The third-order valence-corrected chi connectivity index (χ3v) is 2.03. The van der Waals surface area contributed by atoms with Crippen LogP contribution in [-0.2, 0) is 4.74 Å². The van der Waals surface area contributed by atoms with E-state index in [9.17, 15) is 22.7 Å². The minimum atomic E-state index is -4.71. The van der Waals surface area contributed by atoms with Gasteiger partial charge in [0.25, 0.3) is 0 Å². The fraction of sp³-hybridized carbons (Fsp3) is 0.455.